The van der Waals surface area contributed by atoms with Gasteiger partial charge in [0.15, 0.2) is 0 Å². The first-order chi connectivity index (χ1) is 18.0. The van der Waals surface area contributed by atoms with Gasteiger partial charge in [0, 0.05) is 30.1 Å². The molecule has 1 atom stereocenters. The number of nitrogens with one attached hydrogen (secondary N) is 2. The van der Waals surface area contributed by atoms with Gasteiger partial charge in [0.1, 0.15) is 6.04 Å². The lowest BCUT2D eigenvalue weighted by Crippen LogP contribution is -2.54. The number of imide groups is 2. The molecule has 0 radical (unpaired) electrons. The molecule has 1 aromatic carbocycles. The number of piperidine rings is 1. The van der Waals surface area contributed by atoms with Crippen LogP contribution in [0.2, 0.25) is 0 Å². The molecule has 2 aliphatic rings. The van der Waals surface area contributed by atoms with Crippen molar-refractivity contribution in [2.45, 2.75) is 18.9 Å². The molecule has 0 spiro atoms. The largest absolute Gasteiger partial charge is 0.383 e. The van der Waals surface area contributed by atoms with Gasteiger partial charge in [0.2, 0.25) is 11.8 Å². The highest BCUT2D eigenvalue weighted by molar-refractivity contribution is 6.23. The lowest BCUT2D eigenvalue weighted by molar-refractivity contribution is -0.136. The van der Waals surface area contributed by atoms with Crippen LogP contribution in [-0.4, -0.2) is 101 Å². The van der Waals surface area contributed by atoms with E-state index in [1.165, 1.54) is 0 Å². The standard InChI is InChI=1S/C23H30N6O8/c24-28-26-6-8-35-10-12-37-14-13-36-11-9-34-7-5-25-16-1-2-17-18(15-16)23(33)29(22(17)32)19-3-4-20(30)27-21(19)31/h1-2,15,19,25H,3-14H2,(H,27,30,31). The molecule has 2 N–H and O–H groups in total. The van der Waals surface area contributed by atoms with Crippen molar-refractivity contribution in [2.75, 3.05) is 71.3 Å². The van der Waals surface area contributed by atoms with Gasteiger partial charge in [0.25, 0.3) is 11.8 Å². The van der Waals surface area contributed by atoms with Crippen LogP contribution < -0.4 is 10.6 Å². The number of carbonyl (C=O) groups is 4. The number of hydrogen-bond acceptors (Lipinski definition) is 10. The van der Waals surface area contributed by atoms with Crippen molar-refractivity contribution in [3.05, 3.63) is 39.8 Å². The molecule has 1 fully saturated rings. The van der Waals surface area contributed by atoms with Crippen molar-refractivity contribution < 1.29 is 38.1 Å². The Morgan fingerprint density at radius 3 is 2.19 bits per heavy atom. The number of rotatable bonds is 17. The van der Waals surface area contributed by atoms with Crippen LogP contribution in [0.25, 0.3) is 10.4 Å². The molecular weight excluding hydrogens is 488 g/mol. The van der Waals surface area contributed by atoms with Gasteiger partial charge in [-0.25, -0.2) is 0 Å². The fourth-order valence-electron chi connectivity index (χ4n) is 3.76. The van der Waals surface area contributed by atoms with Crippen LogP contribution in [0.1, 0.15) is 33.6 Å². The van der Waals surface area contributed by atoms with Gasteiger partial charge < -0.3 is 24.3 Å². The monoisotopic (exact) mass is 518 g/mol. The summed E-state index contributed by atoms with van der Waals surface area (Å²) in [6.07, 6.45) is 0.193. The van der Waals surface area contributed by atoms with Crippen molar-refractivity contribution in [2.24, 2.45) is 5.11 Å². The van der Waals surface area contributed by atoms with Gasteiger partial charge in [-0.1, -0.05) is 5.11 Å². The second-order valence-electron chi connectivity index (χ2n) is 8.04. The van der Waals surface area contributed by atoms with Gasteiger partial charge in [-0.05, 0) is 30.2 Å². The summed E-state index contributed by atoms with van der Waals surface area (Å²) in [6, 6.07) is 3.83. The molecule has 37 heavy (non-hydrogen) atoms. The molecule has 200 valence electrons. The molecule has 0 aliphatic carbocycles. The Morgan fingerprint density at radius 1 is 0.919 bits per heavy atom. The zero-order chi connectivity index (χ0) is 26.5. The van der Waals surface area contributed by atoms with E-state index in [0.717, 1.165) is 4.90 Å². The summed E-state index contributed by atoms with van der Waals surface area (Å²) in [4.78, 5) is 52.7. The molecular formula is C23H30N6O8. The number of fused-ring (bicyclic) bond motifs is 1. The first-order valence-electron chi connectivity index (χ1n) is 11.9. The Hall–Kier alpha value is -3.55. The Kier molecular flexibility index (Phi) is 11.3. The number of benzene rings is 1. The van der Waals surface area contributed by atoms with Gasteiger partial charge in [-0.3, -0.25) is 29.4 Å². The number of nitrogens with zero attached hydrogens (tertiary/aromatic N) is 4. The highest BCUT2D eigenvalue weighted by atomic mass is 16.6. The van der Waals surface area contributed by atoms with Crippen LogP contribution in [0.4, 0.5) is 5.69 Å². The highest BCUT2D eigenvalue weighted by Gasteiger charge is 2.44. The van der Waals surface area contributed by atoms with Gasteiger partial charge in [-0.2, -0.15) is 0 Å². The van der Waals surface area contributed by atoms with E-state index in [4.69, 9.17) is 24.5 Å². The summed E-state index contributed by atoms with van der Waals surface area (Å²) in [6.45, 7) is 4.07. The second-order valence-corrected chi connectivity index (χ2v) is 8.04. The maximum absolute atomic E-state index is 12.9. The molecule has 1 saturated heterocycles. The summed E-state index contributed by atoms with van der Waals surface area (Å²) >= 11 is 0. The van der Waals surface area contributed by atoms with Crippen LogP contribution in [0.5, 0.6) is 0 Å². The van der Waals surface area contributed by atoms with E-state index in [1.54, 1.807) is 18.2 Å². The quantitative estimate of drug-likeness (QED) is 0.0994. The second kappa shape index (κ2) is 14.9. The van der Waals surface area contributed by atoms with Crippen LogP contribution in [0.3, 0.4) is 0 Å². The van der Waals surface area contributed by atoms with E-state index in [-0.39, 0.29) is 24.0 Å². The average Bonchev–Trinajstić information content (AvgIpc) is 3.13. The number of hydrogen-bond donors (Lipinski definition) is 2. The third-order valence-corrected chi connectivity index (χ3v) is 5.53. The molecule has 14 nitrogen and oxygen atoms in total. The SMILES string of the molecule is [N-]=[N+]=NCCOCCOCCOCCOCCNc1ccc2c(c1)C(=O)N(C1CCC(=O)NC1=O)C2=O. The third-order valence-electron chi connectivity index (χ3n) is 5.53. The minimum atomic E-state index is -0.987. The van der Waals surface area contributed by atoms with Crippen molar-refractivity contribution in [1.29, 1.82) is 0 Å². The smallest absolute Gasteiger partial charge is 0.262 e. The van der Waals surface area contributed by atoms with E-state index in [9.17, 15) is 19.2 Å². The van der Waals surface area contributed by atoms with E-state index in [1.807, 2.05) is 0 Å². The van der Waals surface area contributed by atoms with Crippen molar-refractivity contribution >= 4 is 29.3 Å². The van der Waals surface area contributed by atoms with E-state index < -0.39 is 29.7 Å². The third kappa shape index (κ3) is 8.23. The minimum absolute atomic E-state index is 0.0765. The Morgan fingerprint density at radius 2 is 1.54 bits per heavy atom. The summed E-state index contributed by atoms with van der Waals surface area (Å²) in [5.41, 5.74) is 9.22. The fourth-order valence-corrected chi connectivity index (χ4v) is 3.76. The summed E-state index contributed by atoms with van der Waals surface area (Å²) in [5, 5.41) is 8.67. The van der Waals surface area contributed by atoms with E-state index in [0.29, 0.717) is 71.6 Å². The molecule has 0 aromatic heterocycles. The number of carbonyl (C=O) groups excluding carboxylic acids is 4. The predicted octanol–water partition coefficient (Wildman–Crippen LogP) is 0.876. The number of amides is 4. The van der Waals surface area contributed by atoms with Gasteiger partial charge in [-0.15, -0.1) is 0 Å². The van der Waals surface area contributed by atoms with Crippen LogP contribution in [0, 0.1) is 0 Å². The summed E-state index contributed by atoms with van der Waals surface area (Å²) in [7, 11) is 0. The van der Waals surface area contributed by atoms with Crippen molar-refractivity contribution in [3.63, 3.8) is 0 Å². The van der Waals surface area contributed by atoms with E-state index in [2.05, 4.69) is 20.7 Å². The molecule has 3 rings (SSSR count). The first kappa shape index (κ1) is 28.0. The molecule has 2 heterocycles. The molecule has 2 aliphatic heterocycles. The first-order valence-corrected chi connectivity index (χ1v) is 11.9. The zero-order valence-electron chi connectivity index (χ0n) is 20.3. The van der Waals surface area contributed by atoms with Gasteiger partial charge in [0.05, 0.1) is 64.0 Å². The van der Waals surface area contributed by atoms with Crippen molar-refractivity contribution in [3.8, 4) is 0 Å². The molecule has 0 bridgehead atoms. The van der Waals surface area contributed by atoms with Crippen LogP contribution in [0.15, 0.2) is 23.3 Å². The van der Waals surface area contributed by atoms with E-state index >= 15 is 0 Å². The molecule has 14 heteroatoms. The number of ether oxygens (including phenoxy) is 4. The lowest BCUT2D eigenvalue weighted by Gasteiger charge is -2.27. The maximum Gasteiger partial charge on any atom is 0.262 e. The molecule has 4 amide bonds. The van der Waals surface area contributed by atoms with Crippen molar-refractivity contribution in [1.82, 2.24) is 10.2 Å². The maximum atomic E-state index is 12.9. The topological polar surface area (TPSA) is 181 Å². The Bertz CT molecular complexity index is 1030. The Labute approximate surface area is 213 Å². The summed E-state index contributed by atoms with van der Waals surface area (Å²) in [5.74, 6) is -2.13. The molecule has 1 aromatic rings. The number of azide groups is 1. The minimum Gasteiger partial charge on any atom is -0.383 e. The lowest BCUT2D eigenvalue weighted by atomic mass is 10.0. The molecule has 1 unspecified atom stereocenters. The Balaban J connectivity index is 1.26. The summed E-state index contributed by atoms with van der Waals surface area (Å²) < 4.78 is 21.5. The average molecular weight is 519 g/mol. The highest BCUT2D eigenvalue weighted by Crippen LogP contribution is 2.29. The predicted molar refractivity (Wildman–Crippen MR) is 129 cm³/mol. The fraction of sp³-hybridized carbons (Fsp3) is 0.565. The normalized spacial score (nSPS) is 17.0. The van der Waals surface area contributed by atoms with Gasteiger partial charge >= 0.3 is 0 Å². The number of anilines is 1. The van der Waals surface area contributed by atoms with Crippen LogP contribution >= 0.6 is 0 Å². The molecule has 0 saturated carbocycles. The zero-order valence-corrected chi connectivity index (χ0v) is 20.3. The van der Waals surface area contributed by atoms with Crippen LogP contribution in [-0.2, 0) is 28.5 Å².